The highest BCUT2D eigenvalue weighted by Gasteiger charge is 2.06. The van der Waals surface area contributed by atoms with Gasteiger partial charge in [0.1, 0.15) is 17.3 Å². The van der Waals surface area contributed by atoms with Gasteiger partial charge in [0.25, 0.3) is 5.91 Å². The van der Waals surface area contributed by atoms with Crippen LogP contribution in [0.25, 0.3) is 0 Å². The summed E-state index contributed by atoms with van der Waals surface area (Å²) in [5.41, 5.74) is 1.63. The molecule has 144 valence electrons. The third-order valence-corrected chi connectivity index (χ3v) is 3.93. The molecule has 2 N–H and O–H groups in total. The minimum atomic E-state index is -0.301. The van der Waals surface area contributed by atoms with E-state index in [0.29, 0.717) is 23.2 Å². The van der Waals surface area contributed by atoms with Crippen molar-refractivity contribution in [2.75, 3.05) is 23.8 Å². The number of halogens is 1. The molecule has 1 aromatic heterocycles. The lowest BCUT2D eigenvalue weighted by molar-refractivity contribution is -0.118. The number of hydrogen-bond donors (Lipinski definition) is 2. The Labute approximate surface area is 168 Å². The van der Waals surface area contributed by atoms with Crippen LogP contribution in [-0.4, -0.2) is 24.1 Å². The van der Waals surface area contributed by atoms with Gasteiger partial charge in [0.05, 0.1) is 24.2 Å². The van der Waals surface area contributed by atoms with E-state index in [1.807, 2.05) is 37.3 Å². The average molecular weight is 398 g/mol. The van der Waals surface area contributed by atoms with Crippen molar-refractivity contribution in [3.63, 3.8) is 0 Å². The Hall–Kier alpha value is -3.25. The summed E-state index contributed by atoms with van der Waals surface area (Å²) < 4.78 is 11.0. The van der Waals surface area contributed by atoms with E-state index in [9.17, 15) is 4.79 Å². The Kier molecular flexibility index (Phi) is 6.70. The molecular weight excluding hydrogens is 378 g/mol. The zero-order chi connectivity index (χ0) is 19.8. The van der Waals surface area contributed by atoms with E-state index in [4.69, 9.17) is 21.1 Å². The number of para-hydroxylation sites is 2. The molecule has 28 heavy (non-hydrogen) atoms. The van der Waals surface area contributed by atoms with Gasteiger partial charge in [-0.05, 0) is 55.5 Å². The minimum absolute atomic E-state index is 0.120. The third-order valence-electron chi connectivity index (χ3n) is 3.68. The molecule has 1 heterocycles. The lowest BCUT2D eigenvalue weighted by Gasteiger charge is -2.12. The molecule has 3 aromatic rings. The first-order chi connectivity index (χ1) is 13.6. The molecule has 0 atom stereocenters. The highest BCUT2D eigenvalue weighted by Crippen LogP contribution is 2.27. The van der Waals surface area contributed by atoms with Crippen molar-refractivity contribution in [2.45, 2.75) is 6.92 Å². The quantitative estimate of drug-likeness (QED) is 0.566. The van der Waals surface area contributed by atoms with Gasteiger partial charge < -0.3 is 20.1 Å². The number of nitrogens with zero attached hydrogens (tertiary/aromatic N) is 1. The molecule has 0 spiro atoms. The smallest absolute Gasteiger partial charge is 0.263 e. The fourth-order valence-electron chi connectivity index (χ4n) is 2.41. The Balaban J connectivity index is 1.54. The van der Waals surface area contributed by atoms with Gasteiger partial charge in [-0.15, -0.1) is 0 Å². The minimum Gasteiger partial charge on any atom is -0.492 e. The maximum absolute atomic E-state index is 12.0. The van der Waals surface area contributed by atoms with E-state index in [2.05, 4.69) is 15.6 Å². The number of ether oxygens (including phenoxy) is 2. The van der Waals surface area contributed by atoms with Gasteiger partial charge in [-0.2, -0.15) is 0 Å². The van der Waals surface area contributed by atoms with Crippen LogP contribution >= 0.6 is 11.6 Å². The molecule has 0 fully saturated rings. The van der Waals surface area contributed by atoms with Crippen LogP contribution in [-0.2, 0) is 4.79 Å². The molecule has 0 aliphatic rings. The van der Waals surface area contributed by atoms with Crippen LogP contribution in [0.15, 0.2) is 66.9 Å². The van der Waals surface area contributed by atoms with Crippen LogP contribution < -0.4 is 20.1 Å². The van der Waals surface area contributed by atoms with E-state index in [-0.39, 0.29) is 12.5 Å². The maximum atomic E-state index is 12.0. The van der Waals surface area contributed by atoms with Crippen LogP contribution in [0.2, 0.25) is 5.02 Å². The fourth-order valence-corrected chi connectivity index (χ4v) is 2.53. The van der Waals surface area contributed by atoms with Gasteiger partial charge in [0.2, 0.25) is 0 Å². The van der Waals surface area contributed by atoms with E-state index in [1.165, 1.54) is 0 Å². The number of aromatic nitrogens is 1. The van der Waals surface area contributed by atoms with Gasteiger partial charge in [-0.3, -0.25) is 4.79 Å². The first kappa shape index (κ1) is 19.5. The van der Waals surface area contributed by atoms with Crippen LogP contribution in [0.4, 0.5) is 17.2 Å². The van der Waals surface area contributed by atoms with Crippen molar-refractivity contribution in [2.24, 2.45) is 0 Å². The van der Waals surface area contributed by atoms with Crippen LogP contribution in [0.5, 0.6) is 11.5 Å². The number of benzene rings is 2. The molecule has 0 bridgehead atoms. The number of pyridine rings is 1. The van der Waals surface area contributed by atoms with Gasteiger partial charge >= 0.3 is 0 Å². The van der Waals surface area contributed by atoms with Crippen LogP contribution in [0.1, 0.15) is 6.92 Å². The van der Waals surface area contributed by atoms with Crippen LogP contribution in [0.3, 0.4) is 0 Å². The topological polar surface area (TPSA) is 72.5 Å². The Morgan fingerprint density at radius 1 is 1.04 bits per heavy atom. The van der Waals surface area contributed by atoms with Gasteiger partial charge in [0.15, 0.2) is 6.61 Å². The number of hydrogen-bond acceptors (Lipinski definition) is 5. The largest absolute Gasteiger partial charge is 0.492 e. The van der Waals surface area contributed by atoms with Gasteiger partial charge in [0, 0.05) is 5.02 Å². The van der Waals surface area contributed by atoms with Crippen molar-refractivity contribution in [3.05, 3.63) is 71.9 Å². The van der Waals surface area contributed by atoms with Gasteiger partial charge in [-0.25, -0.2) is 4.98 Å². The Morgan fingerprint density at radius 3 is 2.54 bits per heavy atom. The van der Waals surface area contributed by atoms with Gasteiger partial charge in [-0.1, -0.05) is 23.7 Å². The van der Waals surface area contributed by atoms with E-state index < -0.39 is 0 Å². The molecular formula is C21H20ClN3O3. The number of carbonyl (C=O) groups is 1. The maximum Gasteiger partial charge on any atom is 0.263 e. The van der Waals surface area contributed by atoms with E-state index in [0.717, 1.165) is 17.1 Å². The van der Waals surface area contributed by atoms with E-state index >= 15 is 0 Å². The normalized spacial score (nSPS) is 10.2. The van der Waals surface area contributed by atoms with E-state index in [1.54, 1.807) is 36.5 Å². The summed E-state index contributed by atoms with van der Waals surface area (Å²) in [5.74, 6) is 1.47. The molecule has 0 radical (unpaired) electrons. The first-order valence-electron chi connectivity index (χ1n) is 8.77. The summed E-state index contributed by atoms with van der Waals surface area (Å²) in [4.78, 5) is 16.3. The monoisotopic (exact) mass is 397 g/mol. The molecule has 1 amide bonds. The Morgan fingerprint density at radius 2 is 1.82 bits per heavy atom. The Bertz CT molecular complexity index is 915. The number of carbonyl (C=O) groups excluding carboxylic acids is 1. The summed E-state index contributed by atoms with van der Waals surface area (Å²) >= 11 is 5.81. The molecule has 0 saturated carbocycles. The first-order valence-corrected chi connectivity index (χ1v) is 9.15. The fraction of sp³-hybridized carbons (Fsp3) is 0.143. The lowest BCUT2D eigenvalue weighted by atomic mass is 10.2. The molecule has 2 aromatic carbocycles. The third kappa shape index (κ3) is 5.62. The molecule has 7 heteroatoms. The second-order valence-corrected chi connectivity index (χ2v) is 6.21. The highest BCUT2D eigenvalue weighted by molar-refractivity contribution is 6.30. The molecule has 3 rings (SSSR count). The van der Waals surface area contributed by atoms with Crippen molar-refractivity contribution in [1.29, 1.82) is 0 Å². The SMILES string of the molecule is CCOc1ccccc1Nc1ccc(NC(=O)COc2ccc(Cl)cc2)nc1. The predicted octanol–water partition coefficient (Wildman–Crippen LogP) is 4.89. The molecule has 0 aliphatic heterocycles. The molecule has 0 aliphatic carbocycles. The van der Waals surface area contributed by atoms with Crippen molar-refractivity contribution in [1.82, 2.24) is 4.98 Å². The summed E-state index contributed by atoms with van der Waals surface area (Å²) in [6.45, 7) is 2.40. The summed E-state index contributed by atoms with van der Waals surface area (Å²) in [6.07, 6.45) is 1.64. The average Bonchev–Trinajstić information content (AvgIpc) is 2.71. The summed E-state index contributed by atoms with van der Waals surface area (Å²) in [7, 11) is 0. The lowest BCUT2D eigenvalue weighted by Crippen LogP contribution is -2.20. The molecule has 0 unspecified atom stereocenters. The number of amides is 1. The predicted molar refractivity (Wildman–Crippen MR) is 111 cm³/mol. The van der Waals surface area contributed by atoms with Crippen LogP contribution in [0, 0.1) is 0 Å². The summed E-state index contributed by atoms with van der Waals surface area (Å²) in [5, 5.41) is 6.56. The zero-order valence-electron chi connectivity index (χ0n) is 15.3. The number of rotatable bonds is 8. The molecule has 6 nitrogen and oxygen atoms in total. The number of nitrogens with one attached hydrogen (secondary N) is 2. The van der Waals surface area contributed by atoms with Crippen molar-refractivity contribution < 1.29 is 14.3 Å². The zero-order valence-corrected chi connectivity index (χ0v) is 16.1. The summed E-state index contributed by atoms with van der Waals surface area (Å²) in [6, 6.07) is 18.0. The highest BCUT2D eigenvalue weighted by atomic mass is 35.5. The van der Waals surface area contributed by atoms with Crippen molar-refractivity contribution >= 4 is 34.7 Å². The van der Waals surface area contributed by atoms with Crippen molar-refractivity contribution in [3.8, 4) is 11.5 Å². The second-order valence-electron chi connectivity index (χ2n) is 5.78. The number of anilines is 3. The standard InChI is InChI=1S/C21H20ClN3O3/c1-2-27-19-6-4-3-5-18(19)24-16-9-12-20(23-13-16)25-21(26)14-28-17-10-7-15(22)8-11-17/h3-13,24H,2,14H2,1H3,(H,23,25,26). The molecule has 0 saturated heterocycles. The second kappa shape index (κ2) is 9.62.